The van der Waals surface area contributed by atoms with E-state index in [9.17, 15) is 0 Å². The van der Waals surface area contributed by atoms with Crippen molar-refractivity contribution in [2.24, 2.45) is 4.99 Å². The summed E-state index contributed by atoms with van der Waals surface area (Å²) in [6.45, 7) is 0. The van der Waals surface area contributed by atoms with Crippen LogP contribution in [0.2, 0.25) is 0 Å². The lowest BCUT2D eigenvalue weighted by molar-refractivity contribution is 0.689. The van der Waals surface area contributed by atoms with E-state index in [2.05, 4.69) is 15.4 Å². The van der Waals surface area contributed by atoms with E-state index in [1.54, 1.807) is 15.6 Å². The van der Waals surface area contributed by atoms with Crippen LogP contribution in [0.5, 0.6) is 0 Å². The summed E-state index contributed by atoms with van der Waals surface area (Å²) in [4.78, 5) is 3.70. The van der Waals surface area contributed by atoms with E-state index in [0.717, 1.165) is 5.69 Å². The summed E-state index contributed by atoms with van der Waals surface area (Å²) in [7, 11) is 0. The SMILES string of the molecule is CSC(=NC#N)SCn1nnn(-c2ccccc2)c1=S. The van der Waals surface area contributed by atoms with Crippen molar-refractivity contribution in [1.29, 1.82) is 5.26 Å². The average molecular weight is 322 g/mol. The molecule has 0 unspecified atom stereocenters. The van der Waals surface area contributed by atoms with Gasteiger partial charge in [0.05, 0.1) is 11.6 Å². The number of nitrogens with zero attached hydrogens (tertiary/aromatic N) is 6. The minimum atomic E-state index is 0.465. The molecular formula is C11H10N6S3. The summed E-state index contributed by atoms with van der Waals surface area (Å²) in [5.41, 5.74) is 0.865. The lowest BCUT2D eigenvalue weighted by Gasteiger charge is -2.00. The molecule has 0 fully saturated rings. The van der Waals surface area contributed by atoms with Crippen molar-refractivity contribution in [2.75, 3.05) is 6.26 Å². The fraction of sp³-hybridized carbons (Fsp3) is 0.182. The molecule has 0 amide bonds. The van der Waals surface area contributed by atoms with Gasteiger partial charge >= 0.3 is 0 Å². The molecular weight excluding hydrogens is 312 g/mol. The molecule has 0 aliphatic heterocycles. The largest absolute Gasteiger partial charge is 0.221 e. The molecule has 9 heteroatoms. The second-order valence-electron chi connectivity index (χ2n) is 3.46. The first-order valence-corrected chi connectivity index (χ1v) is 8.10. The first-order valence-electron chi connectivity index (χ1n) is 5.48. The van der Waals surface area contributed by atoms with E-state index in [-0.39, 0.29) is 0 Å². The number of tetrazole rings is 1. The Morgan fingerprint density at radius 2 is 2.15 bits per heavy atom. The normalized spacial score (nSPS) is 11.3. The van der Waals surface area contributed by atoms with E-state index in [0.29, 0.717) is 15.0 Å². The van der Waals surface area contributed by atoms with E-state index < -0.39 is 0 Å². The number of hydrogen-bond acceptors (Lipinski definition) is 7. The quantitative estimate of drug-likeness (QED) is 0.374. The van der Waals surface area contributed by atoms with Gasteiger partial charge in [0.1, 0.15) is 4.38 Å². The molecule has 0 aliphatic carbocycles. The highest BCUT2D eigenvalue weighted by Crippen LogP contribution is 2.16. The molecule has 1 heterocycles. The highest BCUT2D eigenvalue weighted by molar-refractivity contribution is 8.38. The topological polar surface area (TPSA) is 71.8 Å². The Morgan fingerprint density at radius 3 is 2.80 bits per heavy atom. The molecule has 0 N–H and O–H groups in total. The van der Waals surface area contributed by atoms with E-state index in [1.807, 2.05) is 36.6 Å². The van der Waals surface area contributed by atoms with Crippen LogP contribution in [-0.4, -0.2) is 30.4 Å². The molecule has 0 bridgehead atoms. The number of aromatic nitrogens is 4. The van der Waals surface area contributed by atoms with Crippen LogP contribution in [0.15, 0.2) is 35.3 Å². The maximum absolute atomic E-state index is 8.55. The van der Waals surface area contributed by atoms with Gasteiger partial charge in [-0.1, -0.05) is 30.0 Å². The summed E-state index contributed by atoms with van der Waals surface area (Å²) < 4.78 is 4.36. The van der Waals surface area contributed by atoms with Crippen LogP contribution >= 0.6 is 35.7 Å². The van der Waals surface area contributed by atoms with Crippen molar-refractivity contribution >= 4 is 40.1 Å². The highest BCUT2D eigenvalue weighted by Gasteiger charge is 2.07. The van der Waals surface area contributed by atoms with Crippen LogP contribution in [0.1, 0.15) is 0 Å². The van der Waals surface area contributed by atoms with Crippen LogP contribution in [-0.2, 0) is 5.88 Å². The Labute approximate surface area is 129 Å². The summed E-state index contributed by atoms with van der Waals surface area (Å²) >= 11 is 8.14. The molecule has 1 aromatic carbocycles. The first-order chi connectivity index (χ1) is 9.76. The predicted molar refractivity (Wildman–Crippen MR) is 84.3 cm³/mol. The van der Waals surface area contributed by atoms with Crippen LogP contribution < -0.4 is 0 Å². The minimum Gasteiger partial charge on any atom is -0.207 e. The van der Waals surface area contributed by atoms with Crippen molar-refractivity contribution in [2.45, 2.75) is 5.88 Å². The van der Waals surface area contributed by atoms with Gasteiger partial charge in [-0.2, -0.15) is 14.9 Å². The van der Waals surface area contributed by atoms with Crippen molar-refractivity contribution in [1.82, 2.24) is 19.8 Å². The monoisotopic (exact) mass is 322 g/mol. The standard InChI is InChI=1S/C11H10N6S3/c1-19-10(13-7-12)20-8-16-11(18)17(15-14-16)9-5-3-2-4-6-9/h2-6H,8H2,1H3. The molecule has 2 rings (SSSR count). The summed E-state index contributed by atoms with van der Waals surface area (Å²) in [6.07, 6.45) is 3.63. The first kappa shape index (κ1) is 14.8. The van der Waals surface area contributed by atoms with Gasteiger partial charge in [-0.05, 0) is 41.0 Å². The lowest BCUT2D eigenvalue weighted by Crippen LogP contribution is -2.01. The molecule has 0 spiro atoms. The number of aliphatic imine (C=N–C) groups is 1. The van der Waals surface area contributed by atoms with Gasteiger partial charge in [0.15, 0.2) is 0 Å². The molecule has 0 atom stereocenters. The van der Waals surface area contributed by atoms with Gasteiger partial charge in [0, 0.05) is 0 Å². The smallest absolute Gasteiger partial charge is 0.207 e. The van der Waals surface area contributed by atoms with Gasteiger partial charge < -0.3 is 0 Å². The summed E-state index contributed by atoms with van der Waals surface area (Å²) in [5.74, 6) is 0.465. The molecule has 102 valence electrons. The van der Waals surface area contributed by atoms with E-state index >= 15 is 0 Å². The number of thioether (sulfide) groups is 2. The van der Waals surface area contributed by atoms with Crippen molar-refractivity contribution < 1.29 is 0 Å². The Morgan fingerprint density at radius 1 is 1.40 bits per heavy atom. The van der Waals surface area contributed by atoms with Gasteiger partial charge in [0.2, 0.25) is 11.0 Å². The van der Waals surface area contributed by atoms with E-state index in [1.165, 1.54) is 23.5 Å². The molecule has 2 aromatic rings. The third-order valence-corrected chi connectivity index (χ3v) is 4.66. The number of rotatable bonds is 3. The Balaban J connectivity index is 2.17. The molecule has 20 heavy (non-hydrogen) atoms. The zero-order valence-electron chi connectivity index (χ0n) is 10.5. The van der Waals surface area contributed by atoms with Crippen LogP contribution in [0.4, 0.5) is 0 Å². The Bertz CT molecular complexity index is 697. The fourth-order valence-corrected chi connectivity index (χ4v) is 2.98. The van der Waals surface area contributed by atoms with Crippen molar-refractivity contribution in [3.63, 3.8) is 0 Å². The fourth-order valence-electron chi connectivity index (χ4n) is 1.38. The maximum atomic E-state index is 8.55. The third kappa shape index (κ3) is 3.47. The number of benzene rings is 1. The number of hydrogen-bond donors (Lipinski definition) is 0. The minimum absolute atomic E-state index is 0.465. The predicted octanol–water partition coefficient (Wildman–Crippen LogP) is 2.69. The van der Waals surface area contributed by atoms with E-state index in [4.69, 9.17) is 17.5 Å². The second-order valence-corrected chi connectivity index (χ2v) is 5.82. The van der Waals surface area contributed by atoms with Crippen molar-refractivity contribution in [3.8, 4) is 11.9 Å². The highest BCUT2D eigenvalue weighted by atomic mass is 32.2. The number of para-hydroxylation sites is 1. The average Bonchev–Trinajstić information content (AvgIpc) is 2.85. The van der Waals surface area contributed by atoms with Gasteiger partial charge in [-0.3, -0.25) is 0 Å². The van der Waals surface area contributed by atoms with Gasteiger partial charge in [0.25, 0.3) is 0 Å². The Hall–Kier alpha value is -1.63. The summed E-state index contributed by atoms with van der Waals surface area (Å²) in [6, 6.07) is 9.57. The van der Waals surface area contributed by atoms with Crippen LogP contribution in [0.3, 0.4) is 0 Å². The zero-order valence-corrected chi connectivity index (χ0v) is 13.0. The summed E-state index contributed by atoms with van der Waals surface area (Å²) in [5, 5.41) is 16.6. The molecule has 0 saturated heterocycles. The molecule has 0 radical (unpaired) electrons. The molecule has 0 saturated carbocycles. The second kappa shape index (κ2) is 7.23. The van der Waals surface area contributed by atoms with Crippen LogP contribution in [0.25, 0.3) is 5.69 Å². The lowest BCUT2D eigenvalue weighted by atomic mass is 10.3. The number of nitriles is 1. The molecule has 0 aliphatic rings. The Kier molecular flexibility index (Phi) is 5.34. The maximum Gasteiger partial charge on any atom is 0.221 e. The molecule has 1 aromatic heterocycles. The van der Waals surface area contributed by atoms with Crippen molar-refractivity contribution in [3.05, 3.63) is 35.1 Å². The van der Waals surface area contributed by atoms with Gasteiger partial charge in [-0.25, -0.2) is 4.68 Å². The molecule has 6 nitrogen and oxygen atoms in total. The zero-order chi connectivity index (χ0) is 14.4. The third-order valence-electron chi connectivity index (χ3n) is 2.27. The van der Waals surface area contributed by atoms with Gasteiger partial charge in [-0.15, -0.1) is 11.8 Å². The van der Waals surface area contributed by atoms with Crippen LogP contribution in [0, 0.1) is 16.2 Å².